The summed E-state index contributed by atoms with van der Waals surface area (Å²) < 4.78 is 9.93. The summed E-state index contributed by atoms with van der Waals surface area (Å²) >= 11 is 0. The molecule has 16 heavy (non-hydrogen) atoms. The molecule has 0 aromatic carbocycles. The highest BCUT2D eigenvalue weighted by Gasteiger charge is 2.14. The monoisotopic (exact) mass is 221 g/mol. The van der Waals surface area contributed by atoms with Crippen LogP contribution in [-0.4, -0.2) is 30.3 Å². The lowest BCUT2D eigenvalue weighted by Gasteiger charge is -2.12. The summed E-state index contributed by atoms with van der Waals surface area (Å²) in [7, 11) is 1.45. The van der Waals surface area contributed by atoms with Crippen molar-refractivity contribution in [1.82, 2.24) is 4.98 Å². The van der Waals surface area contributed by atoms with Crippen LogP contribution in [0.2, 0.25) is 0 Å². The normalized spacial score (nSPS) is 9.56. The third-order valence-corrected chi connectivity index (χ3v) is 1.91. The molecule has 5 nitrogen and oxygen atoms in total. The van der Waals surface area contributed by atoms with Gasteiger partial charge >= 0.3 is 0 Å². The molecular formula is C11H11NO4. The highest BCUT2D eigenvalue weighted by Crippen LogP contribution is 2.24. The van der Waals surface area contributed by atoms with E-state index in [0.717, 1.165) is 0 Å². The maximum Gasteiger partial charge on any atom is 0.188 e. The van der Waals surface area contributed by atoms with Gasteiger partial charge < -0.3 is 14.6 Å². The summed E-state index contributed by atoms with van der Waals surface area (Å²) in [5.41, 5.74) is 0.786. The lowest BCUT2D eigenvalue weighted by atomic mass is 10.1. The van der Waals surface area contributed by atoms with Gasteiger partial charge in [0.25, 0.3) is 0 Å². The van der Waals surface area contributed by atoms with Gasteiger partial charge in [0, 0.05) is 24.4 Å². The Morgan fingerprint density at radius 3 is 2.94 bits per heavy atom. The fourth-order valence-corrected chi connectivity index (χ4v) is 1.19. The van der Waals surface area contributed by atoms with Crippen LogP contribution in [-0.2, 0) is 11.3 Å². The molecule has 1 aromatic heterocycles. The zero-order valence-electron chi connectivity index (χ0n) is 8.77. The van der Waals surface area contributed by atoms with Crippen molar-refractivity contribution < 1.29 is 19.4 Å². The largest absolute Gasteiger partial charge is 0.464 e. The van der Waals surface area contributed by atoms with Crippen molar-refractivity contribution in [2.45, 2.75) is 6.61 Å². The quantitative estimate of drug-likeness (QED) is 0.441. The molecule has 0 saturated heterocycles. The number of nitrogens with zero attached hydrogens (tertiary/aromatic N) is 1. The molecule has 0 radical (unpaired) electrons. The van der Waals surface area contributed by atoms with Crippen LogP contribution in [0.3, 0.4) is 0 Å². The van der Waals surface area contributed by atoms with Gasteiger partial charge in [-0.05, 0) is 5.92 Å². The van der Waals surface area contributed by atoms with Gasteiger partial charge in [-0.15, -0.1) is 6.42 Å². The standard InChI is InChI=1S/C11H11NO4/c1-3-10-11(16-7-15-2)9(6-14)8(5-13)4-12-10/h1,4-5,14H,6-7H2,2H3. The summed E-state index contributed by atoms with van der Waals surface area (Å²) in [4.78, 5) is 14.6. The predicted molar refractivity (Wildman–Crippen MR) is 56.0 cm³/mol. The number of pyridine rings is 1. The van der Waals surface area contributed by atoms with Crippen molar-refractivity contribution in [1.29, 1.82) is 0 Å². The highest BCUT2D eigenvalue weighted by molar-refractivity contribution is 5.78. The smallest absolute Gasteiger partial charge is 0.188 e. The summed E-state index contributed by atoms with van der Waals surface area (Å²) in [5.74, 6) is 2.52. The number of aliphatic hydroxyl groups excluding tert-OH is 1. The molecule has 0 amide bonds. The number of hydrogen-bond donors (Lipinski definition) is 1. The zero-order valence-corrected chi connectivity index (χ0v) is 8.77. The maximum atomic E-state index is 10.7. The molecular weight excluding hydrogens is 210 g/mol. The first-order chi connectivity index (χ1) is 7.78. The van der Waals surface area contributed by atoms with E-state index in [2.05, 4.69) is 10.9 Å². The molecule has 1 N–H and O–H groups in total. The number of carbonyl (C=O) groups is 1. The summed E-state index contributed by atoms with van der Waals surface area (Å²) in [6.07, 6.45) is 7.12. The number of carbonyl (C=O) groups excluding carboxylic acids is 1. The van der Waals surface area contributed by atoms with E-state index in [9.17, 15) is 9.90 Å². The summed E-state index contributed by atoms with van der Waals surface area (Å²) in [5, 5.41) is 9.17. The minimum Gasteiger partial charge on any atom is -0.464 e. The first kappa shape index (κ1) is 12.2. The number of aromatic nitrogens is 1. The predicted octanol–water partition coefficient (Wildman–Crippen LogP) is 0.350. The van der Waals surface area contributed by atoms with Gasteiger partial charge in [0.1, 0.15) is 0 Å². The van der Waals surface area contributed by atoms with Crippen molar-refractivity contribution in [3.8, 4) is 18.1 Å². The zero-order chi connectivity index (χ0) is 12.0. The molecule has 0 spiro atoms. The topological polar surface area (TPSA) is 68.7 Å². The molecule has 0 unspecified atom stereocenters. The molecule has 0 fully saturated rings. The Hall–Kier alpha value is -1.90. The van der Waals surface area contributed by atoms with Crippen LogP contribution in [0.5, 0.6) is 5.75 Å². The van der Waals surface area contributed by atoms with Crippen LogP contribution in [0, 0.1) is 12.3 Å². The van der Waals surface area contributed by atoms with E-state index < -0.39 is 0 Å². The van der Waals surface area contributed by atoms with E-state index in [1.807, 2.05) is 0 Å². The summed E-state index contributed by atoms with van der Waals surface area (Å²) in [6.45, 7) is -0.393. The fraction of sp³-hybridized carbons (Fsp3) is 0.273. The number of aliphatic hydroxyl groups is 1. The molecule has 0 aliphatic carbocycles. The molecule has 84 valence electrons. The Labute approximate surface area is 93.0 Å². The SMILES string of the molecule is C#Cc1ncc(C=O)c(CO)c1OCOC. The van der Waals surface area contributed by atoms with E-state index >= 15 is 0 Å². The van der Waals surface area contributed by atoms with E-state index in [1.165, 1.54) is 13.3 Å². The van der Waals surface area contributed by atoms with Gasteiger partial charge in [-0.3, -0.25) is 4.79 Å². The number of hydrogen-bond acceptors (Lipinski definition) is 5. The Kier molecular flexibility index (Phi) is 4.45. The Morgan fingerprint density at radius 1 is 1.69 bits per heavy atom. The molecule has 0 saturated carbocycles. The maximum absolute atomic E-state index is 10.7. The molecule has 1 rings (SSSR count). The lowest BCUT2D eigenvalue weighted by Crippen LogP contribution is -2.07. The van der Waals surface area contributed by atoms with Crippen LogP contribution in [0.25, 0.3) is 0 Å². The number of methoxy groups -OCH3 is 1. The molecule has 0 aliphatic heterocycles. The highest BCUT2D eigenvalue weighted by atomic mass is 16.7. The molecule has 0 aliphatic rings. The number of terminal acetylenes is 1. The second-order valence-corrected chi connectivity index (χ2v) is 2.84. The Bertz CT molecular complexity index is 423. The molecule has 0 atom stereocenters. The fourth-order valence-electron chi connectivity index (χ4n) is 1.19. The number of rotatable bonds is 5. The van der Waals surface area contributed by atoms with Crippen LogP contribution in [0.4, 0.5) is 0 Å². The average Bonchev–Trinajstić information content (AvgIpc) is 2.34. The minimum atomic E-state index is -0.357. The molecule has 1 aromatic rings. The van der Waals surface area contributed by atoms with Crippen molar-refractivity contribution in [3.63, 3.8) is 0 Å². The van der Waals surface area contributed by atoms with Gasteiger partial charge in [-0.25, -0.2) is 4.98 Å². The van der Waals surface area contributed by atoms with E-state index in [0.29, 0.717) is 11.8 Å². The van der Waals surface area contributed by atoms with Gasteiger partial charge in [-0.2, -0.15) is 0 Å². The second-order valence-electron chi connectivity index (χ2n) is 2.84. The van der Waals surface area contributed by atoms with Crippen molar-refractivity contribution >= 4 is 6.29 Å². The lowest BCUT2D eigenvalue weighted by molar-refractivity contribution is 0.0489. The third kappa shape index (κ3) is 2.37. The van der Waals surface area contributed by atoms with Crippen molar-refractivity contribution in [2.24, 2.45) is 0 Å². The Morgan fingerprint density at radius 2 is 2.44 bits per heavy atom. The van der Waals surface area contributed by atoms with Crippen LogP contribution in [0.1, 0.15) is 21.6 Å². The Balaban J connectivity index is 3.26. The van der Waals surface area contributed by atoms with Gasteiger partial charge in [0.2, 0.25) is 0 Å². The van der Waals surface area contributed by atoms with Crippen LogP contribution in [0.15, 0.2) is 6.20 Å². The number of ether oxygens (including phenoxy) is 2. The number of aldehydes is 1. The van der Waals surface area contributed by atoms with Crippen LogP contribution < -0.4 is 4.74 Å². The summed E-state index contributed by atoms with van der Waals surface area (Å²) in [6, 6.07) is 0. The van der Waals surface area contributed by atoms with Crippen LogP contribution >= 0.6 is 0 Å². The molecule has 0 bridgehead atoms. The van der Waals surface area contributed by atoms with Gasteiger partial charge in [0.15, 0.2) is 24.5 Å². The first-order valence-corrected chi connectivity index (χ1v) is 4.44. The third-order valence-electron chi connectivity index (χ3n) is 1.91. The van der Waals surface area contributed by atoms with Gasteiger partial charge in [0.05, 0.1) is 6.61 Å². The van der Waals surface area contributed by atoms with Crippen molar-refractivity contribution in [3.05, 3.63) is 23.0 Å². The van der Waals surface area contributed by atoms with E-state index in [-0.39, 0.29) is 30.4 Å². The second kappa shape index (κ2) is 5.85. The average molecular weight is 221 g/mol. The molecule has 5 heteroatoms. The van der Waals surface area contributed by atoms with E-state index in [1.54, 1.807) is 0 Å². The first-order valence-electron chi connectivity index (χ1n) is 4.44. The molecule has 1 heterocycles. The minimum absolute atomic E-state index is 0.0360. The van der Waals surface area contributed by atoms with Gasteiger partial charge in [-0.1, -0.05) is 0 Å². The van der Waals surface area contributed by atoms with E-state index in [4.69, 9.17) is 15.9 Å². The van der Waals surface area contributed by atoms with Crippen molar-refractivity contribution in [2.75, 3.05) is 13.9 Å².